The van der Waals surface area contributed by atoms with Gasteiger partial charge in [0.25, 0.3) is 5.56 Å². The number of hydrogen-bond donors (Lipinski definition) is 1. The second kappa shape index (κ2) is 7.82. The summed E-state index contributed by atoms with van der Waals surface area (Å²) in [6.07, 6.45) is 0. The summed E-state index contributed by atoms with van der Waals surface area (Å²) in [6.45, 7) is 4.12. The maximum Gasteiger partial charge on any atom is 0.251 e. The Morgan fingerprint density at radius 2 is 1.89 bits per heavy atom. The molecule has 4 rings (SSSR count). The molecule has 6 heteroatoms. The molecule has 0 spiro atoms. The number of nitrogens with one attached hydrogen (secondary N) is 1. The molecule has 1 aliphatic heterocycles. The lowest BCUT2D eigenvalue weighted by Gasteiger charge is -2.26. The Hall–Kier alpha value is -2.83. The summed E-state index contributed by atoms with van der Waals surface area (Å²) in [5, 5.41) is 0. The van der Waals surface area contributed by atoms with Gasteiger partial charge in [0.2, 0.25) is 0 Å². The van der Waals surface area contributed by atoms with Crippen molar-refractivity contribution in [1.82, 2.24) is 14.9 Å². The lowest BCUT2D eigenvalue weighted by atomic mass is 10.1. The quantitative estimate of drug-likeness (QED) is 0.772. The fraction of sp³-hybridized carbons (Fsp3) is 0.238. The summed E-state index contributed by atoms with van der Waals surface area (Å²) in [5.74, 6) is 0.0344. The number of morpholine rings is 1. The summed E-state index contributed by atoms with van der Waals surface area (Å²) in [4.78, 5) is 21.7. The van der Waals surface area contributed by atoms with Crippen LogP contribution in [0.25, 0.3) is 22.6 Å². The van der Waals surface area contributed by atoms with Crippen molar-refractivity contribution in [2.75, 3.05) is 26.3 Å². The predicted octanol–water partition coefficient (Wildman–Crippen LogP) is 3.08. The van der Waals surface area contributed by atoms with Crippen molar-refractivity contribution in [3.8, 4) is 22.6 Å². The van der Waals surface area contributed by atoms with E-state index in [0.717, 1.165) is 44.0 Å². The lowest BCUT2D eigenvalue weighted by molar-refractivity contribution is 0.0342. The van der Waals surface area contributed by atoms with Crippen LogP contribution < -0.4 is 5.56 Å². The fourth-order valence-corrected chi connectivity index (χ4v) is 3.24. The highest BCUT2D eigenvalue weighted by atomic mass is 19.1. The van der Waals surface area contributed by atoms with Gasteiger partial charge in [0.1, 0.15) is 11.6 Å². The second-order valence-corrected chi connectivity index (χ2v) is 6.55. The zero-order chi connectivity index (χ0) is 18.6. The Labute approximate surface area is 156 Å². The van der Waals surface area contributed by atoms with Gasteiger partial charge in [-0.3, -0.25) is 9.69 Å². The van der Waals surface area contributed by atoms with Crippen LogP contribution in [-0.4, -0.2) is 41.2 Å². The van der Waals surface area contributed by atoms with Crippen LogP contribution in [0, 0.1) is 5.82 Å². The topological polar surface area (TPSA) is 58.2 Å². The van der Waals surface area contributed by atoms with E-state index < -0.39 is 5.82 Å². The van der Waals surface area contributed by atoms with Gasteiger partial charge in [-0.1, -0.05) is 30.3 Å². The van der Waals surface area contributed by atoms with Crippen LogP contribution in [0.5, 0.6) is 0 Å². The first-order chi connectivity index (χ1) is 13.2. The van der Waals surface area contributed by atoms with Gasteiger partial charge in [-0.15, -0.1) is 0 Å². The minimum Gasteiger partial charge on any atom is -0.379 e. The summed E-state index contributed by atoms with van der Waals surface area (Å²) < 4.78 is 19.5. The molecule has 0 unspecified atom stereocenters. The van der Waals surface area contributed by atoms with Crippen LogP contribution in [0.2, 0.25) is 0 Å². The smallest absolute Gasteiger partial charge is 0.251 e. The van der Waals surface area contributed by atoms with Crippen LogP contribution in [0.15, 0.2) is 59.4 Å². The zero-order valence-electron chi connectivity index (χ0n) is 14.8. The van der Waals surface area contributed by atoms with Crippen molar-refractivity contribution in [3.63, 3.8) is 0 Å². The molecule has 0 amide bonds. The Morgan fingerprint density at radius 1 is 1.07 bits per heavy atom. The minimum absolute atomic E-state index is 0.308. The molecule has 5 nitrogen and oxygen atoms in total. The highest BCUT2D eigenvalue weighted by molar-refractivity contribution is 5.64. The average Bonchev–Trinajstić information content (AvgIpc) is 2.69. The molecule has 3 aromatic rings. The Bertz CT molecular complexity index is 996. The molecule has 1 saturated heterocycles. The van der Waals surface area contributed by atoms with E-state index in [-0.39, 0.29) is 5.56 Å². The third kappa shape index (κ3) is 4.13. The number of ether oxygens (including phenoxy) is 1. The van der Waals surface area contributed by atoms with Gasteiger partial charge in [0.05, 0.1) is 18.9 Å². The van der Waals surface area contributed by atoms with E-state index in [1.54, 1.807) is 18.2 Å². The molecule has 1 aromatic heterocycles. The number of H-pyrrole nitrogens is 1. The minimum atomic E-state index is -0.400. The molecule has 0 aliphatic carbocycles. The molecule has 2 heterocycles. The van der Waals surface area contributed by atoms with E-state index in [2.05, 4.69) is 20.9 Å². The summed E-state index contributed by atoms with van der Waals surface area (Å²) >= 11 is 0. The maximum atomic E-state index is 14.1. The number of aromatic amines is 1. The van der Waals surface area contributed by atoms with Gasteiger partial charge in [-0.2, -0.15) is 0 Å². The number of halogens is 1. The lowest BCUT2D eigenvalue weighted by Crippen LogP contribution is -2.35. The molecule has 27 heavy (non-hydrogen) atoms. The largest absolute Gasteiger partial charge is 0.379 e. The van der Waals surface area contributed by atoms with Crippen LogP contribution in [0.4, 0.5) is 4.39 Å². The van der Waals surface area contributed by atoms with E-state index in [9.17, 15) is 9.18 Å². The summed E-state index contributed by atoms with van der Waals surface area (Å²) in [7, 11) is 0. The number of rotatable bonds is 4. The van der Waals surface area contributed by atoms with E-state index in [1.807, 2.05) is 18.2 Å². The van der Waals surface area contributed by atoms with Crippen LogP contribution in [0.1, 0.15) is 5.56 Å². The molecule has 0 atom stereocenters. The van der Waals surface area contributed by atoms with E-state index >= 15 is 0 Å². The monoisotopic (exact) mass is 365 g/mol. The predicted molar refractivity (Wildman–Crippen MR) is 102 cm³/mol. The molecule has 0 bridgehead atoms. The molecular weight excluding hydrogens is 345 g/mol. The van der Waals surface area contributed by atoms with E-state index in [4.69, 9.17) is 4.74 Å². The molecule has 0 saturated carbocycles. The SMILES string of the molecule is O=c1cc(-c2ccccc2F)nc(-c2cccc(CN3CCOCC3)c2)[nH]1. The third-order valence-corrected chi connectivity index (χ3v) is 4.60. The Balaban J connectivity index is 1.66. The maximum absolute atomic E-state index is 14.1. The highest BCUT2D eigenvalue weighted by Crippen LogP contribution is 2.23. The van der Waals surface area contributed by atoms with Gasteiger partial charge >= 0.3 is 0 Å². The molecular formula is C21H20FN3O2. The van der Waals surface area contributed by atoms with Crippen LogP contribution >= 0.6 is 0 Å². The molecule has 1 aliphatic rings. The van der Waals surface area contributed by atoms with Crippen LogP contribution in [0.3, 0.4) is 0 Å². The van der Waals surface area contributed by atoms with Gasteiger partial charge < -0.3 is 9.72 Å². The first-order valence-electron chi connectivity index (χ1n) is 8.95. The zero-order valence-corrected chi connectivity index (χ0v) is 14.8. The Kier molecular flexibility index (Phi) is 5.09. The number of hydrogen-bond acceptors (Lipinski definition) is 4. The summed E-state index contributed by atoms with van der Waals surface area (Å²) in [5.41, 5.74) is 2.26. The number of nitrogens with zero attached hydrogens (tertiary/aromatic N) is 2. The highest BCUT2D eigenvalue weighted by Gasteiger charge is 2.13. The van der Waals surface area contributed by atoms with Crippen LogP contribution in [-0.2, 0) is 11.3 Å². The number of aromatic nitrogens is 2. The van der Waals surface area contributed by atoms with Crippen molar-refractivity contribution in [2.45, 2.75) is 6.54 Å². The first-order valence-corrected chi connectivity index (χ1v) is 8.95. The Morgan fingerprint density at radius 3 is 2.70 bits per heavy atom. The normalized spacial score (nSPS) is 15.0. The third-order valence-electron chi connectivity index (χ3n) is 4.60. The van der Waals surface area contributed by atoms with Gasteiger partial charge in [-0.25, -0.2) is 9.37 Å². The van der Waals surface area contributed by atoms with Crippen molar-refractivity contribution < 1.29 is 9.13 Å². The van der Waals surface area contributed by atoms with Crippen molar-refractivity contribution in [1.29, 1.82) is 0 Å². The van der Waals surface area contributed by atoms with Crippen molar-refractivity contribution in [3.05, 3.63) is 76.3 Å². The van der Waals surface area contributed by atoms with Gasteiger partial charge in [0, 0.05) is 36.8 Å². The van der Waals surface area contributed by atoms with Gasteiger partial charge in [0.15, 0.2) is 0 Å². The summed E-state index contributed by atoms with van der Waals surface area (Å²) in [6, 6.07) is 15.5. The second-order valence-electron chi connectivity index (χ2n) is 6.55. The molecule has 138 valence electrons. The van der Waals surface area contributed by atoms with Gasteiger partial charge in [-0.05, 0) is 23.8 Å². The average molecular weight is 365 g/mol. The standard InChI is InChI=1S/C21H20FN3O2/c22-18-7-2-1-6-17(18)19-13-20(26)24-21(23-19)16-5-3-4-15(12-16)14-25-8-10-27-11-9-25/h1-7,12-13H,8-11,14H2,(H,23,24,26). The fourth-order valence-electron chi connectivity index (χ4n) is 3.24. The molecule has 1 fully saturated rings. The molecule has 2 aromatic carbocycles. The van der Waals surface area contributed by atoms with Crippen molar-refractivity contribution in [2.24, 2.45) is 0 Å². The first kappa shape index (κ1) is 17.6. The van der Waals surface area contributed by atoms with E-state index in [1.165, 1.54) is 12.1 Å². The van der Waals surface area contributed by atoms with E-state index in [0.29, 0.717) is 17.1 Å². The number of benzene rings is 2. The van der Waals surface area contributed by atoms with Crippen molar-refractivity contribution >= 4 is 0 Å². The molecule has 0 radical (unpaired) electrons. The molecule has 1 N–H and O–H groups in total.